The number of allylic oxidation sites excluding steroid dienone is 1. The summed E-state index contributed by atoms with van der Waals surface area (Å²) in [6, 6.07) is 4.49. The van der Waals surface area contributed by atoms with Gasteiger partial charge in [0, 0.05) is 24.4 Å². The Bertz CT molecular complexity index is 543. The van der Waals surface area contributed by atoms with Gasteiger partial charge in [-0.3, -0.25) is 25.2 Å². The molecule has 1 amide bonds. The highest BCUT2D eigenvalue weighted by molar-refractivity contribution is 5.79. The first-order valence-electron chi connectivity index (χ1n) is 6.44. The van der Waals surface area contributed by atoms with Gasteiger partial charge < -0.3 is 5.32 Å². The number of non-ortho nitro benzene ring substituents is 1. The van der Waals surface area contributed by atoms with E-state index in [9.17, 15) is 14.9 Å². The molecule has 0 saturated heterocycles. The van der Waals surface area contributed by atoms with E-state index in [2.05, 4.69) is 17.4 Å². The van der Waals surface area contributed by atoms with E-state index in [1.54, 1.807) is 13.0 Å². The Balaban J connectivity index is 2.45. The number of nitro benzene ring substituents is 1. The van der Waals surface area contributed by atoms with E-state index in [0.717, 1.165) is 5.56 Å². The van der Waals surface area contributed by atoms with Crippen LogP contribution in [0.5, 0.6) is 0 Å². The SMILES string of the molecule is C=C(C)NOCCNC(=O)Cc1cc([N+](=O)[O-])ccc1C. The predicted molar refractivity (Wildman–Crippen MR) is 78.4 cm³/mol. The fourth-order valence-electron chi connectivity index (χ4n) is 1.61. The number of nitrogens with zero attached hydrogens (tertiary/aromatic N) is 1. The van der Waals surface area contributed by atoms with Crippen LogP contribution in [0.3, 0.4) is 0 Å². The molecule has 7 heteroatoms. The minimum Gasteiger partial charge on any atom is -0.353 e. The molecule has 7 nitrogen and oxygen atoms in total. The number of hydrogen-bond donors (Lipinski definition) is 2. The summed E-state index contributed by atoms with van der Waals surface area (Å²) in [5.74, 6) is -0.211. The molecule has 0 fully saturated rings. The van der Waals surface area contributed by atoms with E-state index in [1.807, 2.05) is 6.92 Å². The molecule has 0 saturated carbocycles. The molecule has 0 atom stereocenters. The summed E-state index contributed by atoms with van der Waals surface area (Å²) in [5.41, 5.74) is 4.72. The van der Waals surface area contributed by atoms with Crippen molar-refractivity contribution < 1.29 is 14.6 Å². The highest BCUT2D eigenvalue weighted by Gasteiger charge is 2.11. The zero-order chi connectivity index (χ0) is 15.8. The summed E-state index contributed by atoms with van der Waals surface area (Å²) in [5, 5.41) is 13.4. The Morgan fingerprint density at radius 3 is 2.81 bits per heavy atom. The summed E-state index contributed by atoms with van der Waals surface area (Å²) in [7, 11) is 0. The number of carbonyl (C=O) groups excluding carboxylic acids is 1. The fourth-order valence-corrected chi connectivity index (χ4v) is 1.61. The lowest BCUT2D eigenvalue weighted by atomic mass is 10.0. The number of amides is 1. The summed E-state index contributed by atoms with van der Waals surface area (Å²) in [6.45, 7) is 7.80. The van der Waals surface area contributed by atoms with Crippen molar-refractivity contribution in [3.05, 3.63) is 51.7 Å². The van der Waals surface area contributed by atoms with Crippen LogP contribution in [0.25, 0.3) is 0 Å². The zero-order valence-corrected chi connectivity index (χ0v) is 12.1. The van der Waals surface area contributed by atoms with Gasteiger partial charge in [0.2, 0.25) is 5.91 Å². The van der Waals surface area contributed by atoms with Gasteiger partial charge in [-0.1, -0.05) is 12.6 Å². The van der Waals surface area contributed by atoms with Crippen LogP contribution >= 0.6 is 0 Å². The van der Waals surface area contributed by atoms with Crippen LogP contribution in [0, 0.1) is 17.0 Å². The van der Waals surface area contributed by atoms with Crippen molar-refractivity contribution in [1.29, 1.82) is 0 Å². The number of hydroxylamine groups is 1. The molecule has 0 heterocycles. The summed E-state index contributed by atoms with van der Waals surface area (Å²) in [6.07, 6.45) is 0.0986. The molecular weight excluding hydrogens is 274 g/mol. The molecule has 0 spiro atoms. The summed E-state index contributed by atoms with van der Waals surface area (Å²) in [4.78, 5) is 27.0. The highest BCUT2D eigenvalue weighted by atomic mass is 16.6. The largest absolute Gasteiger partial charge is 0.353 e. The van der Waals surface area contributed by atoms with Crippen LogP contribution in [0.1, 0.15) is 18.1 Å². The van der Waals surface area contributed by atoms with E-state index in [-0.39, 0.29) is 18.0 Å². The van der Waals surface area contributed by atoms with Gasteiger partial charge in [0.1, 0.15) is 0 Å². The molecule has 0 unspecified atom stereocenters. The maximum atomic E-state index is 11.8. The molecular formula is C14H19N3O4. The number of nitrogens with one attached hydrogen (secondary N) is 2. The Morgan fingerprint density at radius 2 is 2.19 bits per heavy atom. The average molecular weight is 293 g/mol. The lowest BCUT2D eigenvalue weighted by Crippen LogP contribution is -2.30. The van der Waals surface area contributed by atoms with Crippen LogP contribution in [0.4, 0.5) is 5.69 Å². The van der Waals surface area contributed by atoms with Crippen molar-refractivity contribution in [2.75, 3.05) is 13.2 Å². The third-order valence-corrected chi connectivity index (χ3v) is 2.67. The van der Waals surface area contributed by atoms with Crippen LogP contribution in [0.2, 0.25) is 0 Å². The van der Waals surface area contributed by atoms with Gasteiger partial charge in [-0.2, -0.15) is 0 Å². The molecule has 21 heavy (non-hydrogen) atoms. The molecule has 0 aromatic heterocycles. The molecule has 0 aliphatic rings. The number of hydrogen-bond acceptors (Lipinski definition) is 5. The first kappa shape index (κ1) is 16.6. The zero-order valence-electron chi connectivity index (χ0n) is 12.1. The minimum absolute atomic E-state index is 0.0163. The van der Waals surface area contributed by atoms with Crippen molar-refractivity contribution >= 4 is 11.6 Å². The third kappa shape index (κ3) is 6.05. The normalized spacial score (nSPS) is 10.0. The third-order valence-electron chi connectivity index (χ3n) is 2.67. The Kier molecular flexibility index (Phi) is 6.35. The lowest BCUT2D eigenvalue weighted by molar-refractivity contribution is -0.384. The van der Waals surface area contributed by atoms with Crippen LogP contribution in [-0.4, -0.2) is 24.0 Å². The number of aryl methyl sites for hydroxylation is 1. The van der Waals surface area contributed by atoms with Crippen LogP contribution in [-0.2, 0) is 16.1 Å². The standard InChI is InChI=1S/C14H19N3O4/c1-10(2)16-21-7-6-15-14(18)9-12-8-13(17(19)20)5-4-11(12)3/h4-5,8,16H,1,6-7,9H2,2-3H3,(H,15,18). The monoisotopic (exact) mass is 293 g/mol. The first-order chi connectivity index (χ1) is 9.90. The van der Waals surface area contributed by atoms with Crippen LogP contribution in [0.15, 0.2) is 30.5 Å². The highest BCUT2D eigenvalue weighted by Crippen LogP contribution is 2.17. The maximum Gasteiger partial charge on any atom is 0.269 e. The quantitative estimate of drug-likeness (QED) is 0.431. The maximum absolute atomic E-state index is 11.8. The molecule has 114 valence electrons. The van der Waals surface area contributed by atoms with E-state index < -0.39 is 4.92 Å². The van der Waals surface area contributed by atoms with Gasteiger partial charge in [0.05, 0.1) is 18.0 Å². The number of benzene rings is 1. The van der Waals surface area contributed by atoms with E-state index in [4.69, 9.17) is 4.84 Å². The van der Waals surface area contributed by atoms with Gasteiger partial charge in [0.25, 0.3) is 5.69 Å². The molecule has 0 aliphatic carbocycles. The van der Waals surface area contributed by atoms with E-state index in [0.29, 0.717) is 24.4 Å². The van der Waals surface area contributed by atoms with E-state index in [1.165, 1.54) is 12.1 Å². The second kappa shape index (κ2) is 8.01. The summed E-state index contributed by atoms with van der Waals surface area (Å²) < 4.78 is 0. The fraction of sp³-hybridized carbons (Fsp3) is 0.357. The van der Waals surface area contributed by atoms with Gasteiger partial charge in [-0.25, -0.2) is 0 Å². The Hall–Kier alpha value is -2.41. The van der Waals surface area contributed by atoms with Crippen molar-refractivity contribution in [3.63, 3.8) is 0 Å². The molecule has 1 aromatic carbocycles. The van der Waals surface area contributed by atoms with Gasteiger partial charge in [-0.05, 0) is 25.0 Å². The van der Waals surface area contributed by atoms with Gasteiger partial charge in [-0.15, -0.1) is 0 Å². The lowest BCUT2D eigenvalue weighted by Gasteiger charge is -2.08. The predicted octanol–water partition coefficient (Wildman–Crippen LogP) is 1.62. The summed E-state index contributed by atoms with van der Waals surface area (Å²) >= 11 is 0. The Morgan fingerprint density at radius 1 is 1.48 bits per heavy atom. The Labute approximate surface area is 123 Å². The van der Waals surface area contributed by atoms with Crippen molar-refractivity contribution in [1.82, 2.24) is 10.8 Å². The van der Waals surface area contributed by atoms with Gasteiger partial charge >= 0.3 is 0 Å². The molecule has 1 aromatic rings. The first-order valence-corrected chi connectivity index (χ1v) is 6.44. The van der Waals surface area contributed by atoms with Crippen LogP contribution < -0.4 is 10.8 Å². The number of rotatable bonds is 8. The molecule has 0 bridgehead atoms. The average Bonchev–Trinajstić information content (AvgIpc) is 2.40. The van der Waals surface area contributed by atoms with E-state index >= 15 is 0 Å². The smallest absolute Gasteiger partial charge is 0.269 e. The second-order valence-corrected chi connectivity index (χ2v) is 4.63. The molecule has 0 radical (unpaired) electrons. The van der Waals surface area contributed by atoms with Crippen molar-refractivity contribution in [3.8, 4) is 0 Å². The minimum atomic E-state index is -0.474. The molecule has 2 N–H and O–H groups in total. The molecule has 0 aliphatic heterocycles. The van der Waals surface area contributed by atoms with Crippen molar-refractivity contribution in [2.24, 2.45) is 0 Å². The number of nitro groups is 1. The number of carbonyl (C=O) groups is 1. The van der Waals surface area contributed by atoms with Gasteiger partial charge in [0.15, 0.2) is 0 Å². The second-order valence-electron chi connectivity index (χ2n) is 4.63. The topological polar surface area (TPSA) is 93.5 Å². The molecule has 1 rings (SSSR count). The van der Waals surface area contributed by atoms with Crippen molar-refractivity contribution in [2.45, 2.75) is 20.3 Å².